The quantitative estimate of drug-likeness (QED) is 0.239. The zero-order valence-corrected chi connectivity index (χ0v) is 15.5. The summed E-state index contributed by atoms with van der Waals surface area (Å²) in [7, 11) is 0. The van der Waals surface area contributed by atoms with Crippen LogP contribution in [0.15, 0.2) is 59.0 Å². The Hall–Kier alpha value is -3.11. The van der Waals surface area contributed by atoms with E-state index in [1.807, 2.05) is 6.07 Å². The van der Waals surface area contributed by atoms with Crippen molar-refractivity contribution in [3.8, 4) is 0 Å². The lowest BCUT2D eigenvalue weighted by Crippen LogP contribution is -2.17. The Morgan fingerprint density at radius 2 is 2.15 bits per heavy atom. The van der Waals surface area contributed by atoms with Gasteiger partial charge in [0, 0.05) is 18.0 Å². The predicted molar refractivity (Wildman–Crippen MR) is 106 cm³/mol. The number of nitrogens with one attached hydrogen (secondary N) is 2. The van der Waals surface area contributed by atoms with Gasteiger partial charge in [0.05, 0.1) is 22.7 Å². The van der Waals surface area contributed by atoms with Crippen molar-refractivity contribution in [2.24, 2.45) is 5.10 Å². The van der Waals surface area contributed by atoms with E-state index in [0.717, 1.165) is 17.3 Å². The first-order chi connectivity index (χ1) is 13.1. The highest BCUT2D eigenvalue weighted by Gasteiger charge is 2.12. The van der Waals surface area contributed by atoms with E-state index in [9.17, 15) is 4.79 Å². The standard InChI is InChI=1S/C16H15ClN8OS/c17-12-5-1-2-6-13(12)21-14(26)10-27-16-24-23-15(25(16)18)22-20-9-11-4-3-7-19-8-11/h1-9H,10,18H2,(H,21,26)(H,22,23)/b20-9+. The molecule has 0 fully saturated rings. The number of rotatable bonds is 7. The number of nitrogens with two attached hydrogens (primary N) is 1. The fourth-order valence-electron chi connectivity index (χ4n) is 1.95. The molecule has 11 heteroatoms. The van der Waals surface area contributed by atoms with Crippen molar-refractivity contribution in [2.45, 2.75) is 5.16 Å². The predicted octanol–water partition coefficient (Wildman–Crippen LogP) is 2.22. The molecule has 0 aliphatic rings. The molecule has 9 nitrogen and oxygen atoms in total. The second kappa shape index (κ2) is 9.01. The maximum Gasteiger partial charge on any atom is 0.264 e. The average Bonchev–Trinajstić information content (AvgIpc) is 3.03. The Balaban J connectivity index is 1.53. The molecule has 0 atom stereocenters. The van der Waals surface area contributed by atoms with Crippen LogP contribution in [0.4, 0.5) is 11.6 Å². The summed E-state index contributed by atoms with van der Waals surface area (Å²) < 4.78 is 1.22. The molecule has 0 bridgehead atoms. The van der Waals surface area contributed by atoms with Crippen LogP contribution in [0.2, 0.25) is 5.02 Å². The molecule has 3 aromatic rings. The summed E-state index contributed by atoms with van der Waals surface area (Å²) in [6, 6.07) is 10.6. The third-order valence-corrected chi connectivity index (χ3v) is 4.48. The van der Waals surface area contributed by atoms with Gasteiger partial charge in [0.2, 0.25) is 11.1 Å². The van der Waals surface area contributed by atoms with Crippen LogP contribution in [0, 0.1) is 0 Å². The van der Waals surface area contributed by atoms with Gasteiger partial charge in [0.25, 0.3) is 5.95 Å². The molecule has 27 heavy (non-hydrogen) atoms. The van der Waals surface area contributed by atoms with Crippen molar-refractivity contribution in [1.29, 1.82) is 0 Å². The summed E-state index contributed by atoms with van der Waals surface area (Å²) in [5, 5.41) is 15.4. The van der Waals surface area contributed by atoms with E-state index in [4.69, 9.17) is 17.4 Å². The topological polar surface area (TPSA) is 123 Å². The van der Waals surface area contributed by atoms with Gasteiger partial charge in [-0.2, -0.15) is 5.10 Å². The lowest BCUT2D eigenvalue weighted by atomic mass is 10.3. The van der Waals surface area contributed by atoms with Crippen LogP contribution < -0.4 is 16.6 Å². The van der Waals surface area contributed by atoms with Crippen LogP contribution in [0.5, 0.6) is 0 Å². The lowest BCUT2D eigenvalue weighted by molar-refractivity contribution is -0.113. The minimum absolute atomic E-state index is 0.0967. The highest BCUT2D eigenvalue weighted by Crippen LogP contribution is 2.22. The lowest BCUT2D eigenvalue weighted by Gasteiger charge is -2.06. The SMILES string of the molecule is Nn1c(N/N=C/c2cccnc2)nnc1SCC(=O)Nc1ccccc1Cl. The van der Waals surface area contributed by atoms with Crippen molar-refractivity contribution in [3.05, 3.63) is 59.4 Å². The minimum atomic E-state index is -0.236. The van der Waals surface area contributed by atoms with Crippen molar-refractivity contribution in [1.82, 2.24) is 19.9 Å². The van der Waals surface area contributed by atoms with Crippen LogP contribution in [-0.4, -0.2) is 37.7 Å². The third kappa shape index (κ3) is 5.19. The van der Waals surface area contributed by atoms with Crippen molar-refractivity contribution < 1.29 is 4.79 Å². The van der Waals surface area contributed by atoms with Gasteiger partial charge in [-0.25, -0.2) is 10.1 Å². The maximum atomic E-state index is 12.1. The number of hydrogen-bond acceptors (Lipinski definition) is 8. The van der Waals surface area contributed by atoms with E-state index in [2.05, 4.69) is 31.0 Å². The van der Waals surface area contributed by atoms with Gasteiger partial charge in [-0.1, -0.05) is 41.6 Å². The molecule has 0 spiro atoms. The smallest absolute Gasteiger partial charge is 0.264 e. The van der Waals surface area contributed by atoms with E-state index in [0.29, 0.717) is 15.9 Å². The number of halogens is 1. The van der Waals surface area contributed by atoms with Crippen molar-refractivity contribution in [2.75, 3.05) is 22.3 Å². The summed E-state index contributed by atoms with van der Waals surface area (Å²) >= 11 is 7.15. The van der Waals surface area contributed by atoms with Crippen LogP contribution in [0.25, 0.3) is 0 Å². The molecule has 3 rings (SSSR count). The number of para-hydroxylation sites is 1. The Bertz CT molecular complexity index is 947. The fraction of sp³-hybridized carbons (Fsp3) is 0.0625. The van der Waals surface area contributed by atoms with Gasteiger partial charge in [0.1, 0.15) is 0 Å². The van der Waals surface area contributed by atoms with Gasteiger partial charge in [0.15, 0.2) is 0 Å². The first kappa shape index (κ1) is 18.7. The summed E-state index contributed by atoms with van der Waals surface area (Å²) in [5.41, 5.74) is 4.06. The number of aromatic nitrogens is 4. The second-order valence-electron chi connectivity index (χ2n) is 5.15. The molecule has 0 aliphatic heterocycles. The van der Waals surface area contributed by atoms with Gasteiger partial charge in [-0.05, 0) is 18.2 Å². The Morgan fingerprint density at radius 1 is 1.30 bits per heavy atom. The molecule has 0 aliphatic carbocycles. The molecule has 138 valence electrons. The van der Waals surface area contributed by atoms with Gasteiger partial charge in [-0.3, -0.25) is 9.78 Å². The van der Waals surface area contributed by atoms with E-state index >= 15 is 0 Å². The van der Waals surface area contributed by atoms with Crippen LogP contribution in [0.1, 0.15) is 5.56 Å². The number of amides is 1. The summed E-state index contributed by atoms with van der Waals surface area (Å²) in [4.78, 5) is 16.0. The molecular weight excluding hydrogens is 388 g/mol. The van der Waals surface area contributed by atoms with E-state index < -0.39 is 0 Å². The first-order valence-corrected chi connectivity index (χ1v) is 9.06. The molecule has 1 aromatic carbocycles. The van der Waals surface area contributed by atoms with E-state index in [1.165, 1.54) is 4.68 Å². The van der Waals surface area contributed by atoms with Crippen LogP contribution >= 0.6 is 23.4 Å². The number of pyridine rings is 1. The normalized spacial score (nSPS) is 10.9. The number of anilines is 2. The van der Waals surface area contributed by atoms with Crippen LogP contribution in [-0.2, 0) is 4.79 Å². The zero-order chi connectivity index (χ0) is 19.1. The van der Waals surface area contributed by atoms with Gasteiger partial charge >= 0.3 is 0 Å². The fourth-order valence-corrected chi connectivity index (χ4v) is 2.79. The molecule has 1 amide bonds. The van der Waals surface area contributed by atoms with E-state index in [-0.39, 0.29) is 17.6 Å². The molecule has 0 unspecified atom stereocenters. The second-order valence-corrected chi connectivity index (χ2v) is 6.50. The minimum Gasteiger partial charge on any atom is -0.334 e. The number of carbonyl (C=O) groups is 1. The third-order valence-electron chi connectivity index (χ3n) is 3.21. The molecule has 2 heterocycles. The molecule has 0 saturated carbocycles. The Morgan fingerprint density at radius 3 is 2.93 bits per heavy atom. The number of nitrogen functional groups attached to an aromatic ring is 1. The highest BCUT2D eigenvalue weighted by molar-refractivity contribution is 7.99. The zero-order valence-electron chi connectivity index (χ0n) is 13.9. The monoisotopic (exact) mass is 402 g/mol. The molecule has 0 saturated heterocycles. The summed E-state index contributed by atoms with van der Waals surface area (Å²) in [6.07, 6.45) is 4.91. The summed E-state index contributed by atoms with van der Waals surface area (Å²) in [6.45, 7) is 0. The number of nitrogens with zero attached hydrogens (tertiary/aromatic N) is 5. The Labute approximate surface area is 164 Å². The number of hydrazone groups is 1. The molecule has 2 aromatic heterocycles. The Kier molecular flexibility index (Phi) is 6.23. The van der Waals surface area contributed by atoms with Gasteiger partial charge in [-0.15, -0.1) is 10.2 Å². The molecular formula is C16H15ClN8OS. The first-order valence-electron chi connectivity index (χ1n) is 7.70. The number of carbonyl (C=O) groups excluding carboxylic acids is 1. The summed E-state index contributed by atoms with van der Waals surface area (Å²) in [5.74, 6) is 6.02. The number of benzene rings is 1. The molecule has 4 N–H and O–H groups in total. The molecule has 0 radical (unpaired) electrons. The number of hydrogen-bond donors (Lipinski definition) is 3. The van der Waals surface area contributed by atoms with Crippen molar-refractivity contribution >= 4 is 47.1 Å². The van der Waals surface area contributed by atoms with E-state index in [1.54, 1.807) is 48.9 Å². The number of thioether (sulfide) groups is 1. The largest absolute Gasteiger partial charge is 0.334 e. The van der Waals surface area contributed by atoms with Crippen molar-refractivity contribution in [3.63, 3.8) is 0 Å². The van der Waals surface area contributed by atoms with Gasteiger partial charge < -0.3 is 11.2 Å². The van der Waals surface area contributed by atoms with Crippen LogP contribution in [0.3, 0.4) is 0 Å². The maximum absolute atomic E-state index is 12.1. The highest BCUT2D eigenvalue weighted by atomic mass is 35.5. The average molecular weight is 403 g/mol.